The van der Waals surface area contributed by atoms with Crippen molar-refractivity contribution in [1.29, 1.82) is 0 Å². The number of rotatable bonds is 4. The summed E-state index contributed by atoms with van der Waals surface area (Å²) < 4.78 is 8.95. The average molecular weight is 413 g/mol. The number of H-pyrrole nitrogens is 1. The van der Waals surface area contributed by atoms with Gasteiger partial charge in [-0.2, -0.15) is 14.9 Å². The van der Waals surface area contributed by atoms with Gasteiger partial charge in [0.1, 0.15) is 5.15 Å². The first-order chi connectivity index (χ1) is 13.5. The highest BCUT2D eigenvalue weighted by atomic mass is 35.5. The molecule has 0 spiro atoms. The van der Waals surface area contributed by atoms with Crippen LogP contribution < -0.4 is 0 Å². The summed E-state index contributed by atoms with van der Waals surface area (Å²) in [5.74, 6) is 1.03. The molecule has 0 saturated heterocycles. The summed E-state index contributed by atoms with van der Waals surface area (Å²) in [4.78, 5) is 0. The standard InChI is InChI=1S/C19H17ClN6OS/c1-11-6-7-12(2)15(9-11)25-17(20)14(13(3)24-25)10-21-26-18(22-23-19(26)28)16-5-4-8-27-16/h4-10H,1-3H3,(H,23,28)/b21-10-. The Morgan fingerprint density at radius 3 is 2.82 bits per heavy atom. The van der Waals surface area contributed by atoms with Gasteiger partial charge in [0.15, 0.2) is 5.76 Å². The molecule has 0 atom stereocenters. The predicted molar refractivity (Wildman–Crippen MR) is 111 cm³/mol. The van der Waals surface area contributed by atoms with E-state index in [1.165, 1.54) is 4.68 Å². The molecule has 0 aliphatic rings. The Hall–Kier alpha value is -2.97. The third kappa shape index (κ3) is 3.21. The largest absolute Gasteiger partial charge is 0.461 e. The zero-order valence-corrected chi connectivity index (χ0v) is 17.0. The van der Waals surface area contributed by atoms with Gasteiger partial charge < -0.3 is 4.42 Å². The molecule has 9 heteroatoms. The number of hydrogen-bond donors (Lipinski definition) is 1. The maximum atomic E-state index is 6.64. The molecule has 0 fully saturated rings. The van der Waals surface area contributed by atoms with Gasteiger partial charge in [0, 0.05) is 0 Å². The molecule has 1 N–H and O–H groups in total. The molecule has 4 rings (SSSR count). The number of aromatic nitrogens is 5. The minimum Gasteiger partial charge on any atom is -0.461 e. The van der Waals surface area contributed by atoms with E-state index < -0.39 is 0 Å². The fraction of sp³-hybridized carbons (Fsp3) is 0.158. The average Bonchev–Trinajstić information content (AvgIpc) is 3.37. The second kappa shape index (κ2) is 7.21. The van der Waals surface area contributed by atoms with E-state index in [9.17, 15) is 0 Å². The zero-order valence-electron chi connectivity index (χ0n) is 15.5. The summed E-state index contributed by atoms with van der Waals surface area (Å²) in [5, 5.41) is 16.4. The summed E-state index contributed by atoms with van der Waals surface area (Å²) in [6.07, 6.45) is 3.19. The van der Waals surface area contributed by atoms with Crippen LogP contribution in [-0.4, -0.2) is 30.9 Å². The number of nitrogens with zero attached hydrogens (tertiary/aromatic N) is 5. The topological polar surface area (TPSA) is 76.9 Å². The molecule has 4 aromatic rings. The monoisotopic (exact) mass is 412 g/mol. The minimum atomic E-state index is 0.346. The van der Waals surface area contributed by atoms with Gasteiger partial charge >= 0.3 is 0 Å². The van der Waals surface area contributed by atoms with Crippen molar-refractivity contribution in [3.8, 4) is 17.3 Å². The summed E-state index contributed by atoms with van der Waals surface area (Å²) in [5.41, 5.74) is 4.60. The van der Waals surface area contributed by atoms with E-state index in [0.29, 0.717) is 27.1 Å². The van der Waals surface area contributed by atoms with Crippen LogP contribution >= 0.6 is 23.8 Å². The molecule has 7 nitrogen and oxygen atoms in total. The molecule has 0 saturated carbocycles. The Morgan fingerprint density at radius 1 is 1.25 bits per heavy atom. The van der Waals surface area contributed by atoms with Gasteiger partial charge in [0.25, 0.3) is 0 Å². The van der Waals surface area contributed by atoms with E-state index >= 15 is 0 Å². The summed E-state index contributed by atoms with van der Waals surface area (Å²) in [6, 6.07) is 9.72. The highest BCUT2D eigenvalue weighted by Crippen LogP contribution is 2.25. The van der Waals surface area contributed by atoms with Crippen LogP contribution in [0, 0.1) is 25.5 Å². The molecule has 1 aromatic carbocycles. The predicted octanol–water partition coefficient (Wildman–Crippen LogP) is 4.85. The van der Waals surface area contributed by atoms with Crippen molar-refractivity contribution >= 4 is 30.0 Å². The van der Waals surface area contributed by atoms with E-state index in [1.54, 1.807) is 29.3 Å². The fourth-order valence-electron chi connectivity index (χ4n) is 2.84. The molecule has 0 aliphatic heterocycles. The van der Waals surface area contributed by atoms with Gasteiger partial charge in [-0.1, -0.05) is 23.7 Å². The van der Waals surface area contributed by atoms with Crippen LogP contribution in [0.5, 0.6) is 0 Å². The third-order valence-electron chi connectivity index (χ3n) is 4.34. The number of aromatic amines is 1. The van der Waals surface area contributed by atoms with Gasteiger partial charge in [-0.05, 0) is 62.3 Å². The fourth-order valence-corrected chi connectivity index (χ4v) is 3.34. The van der Waals surface area contributed by atoms with E-state index in [-0.39, 0.29) is 0 Å². The highest BCUT2D eigenvalue weighted by molar-refractivity contribution is 7.71. The molecule has 3 heterocycles. The quantitative estimate of drug-likeness (QED) is 0.384. The number of benzene rings is 1. The first-order valence-corrected chi connectivity index (χ1v) is 9.32. The number of aryl methyl sites for hydroxylation is 3. The second-order valence-corrected chi connectivity index (χ2v) is 7.12. The number of hydrogen-bond acceptors (Lipinski definition) is 5. The molecule has 28 heavy (non-hydrogen) atoms. The summed E-state index contributed by atoms with van der Waals surface area (Å²) in [6.45, 7) is 5.94. The van der Waals surface area contributed by atoms with Crippen LogP contribution in [0.2, 0.25) is 5.15 Å². The first kappa shape index (κ1) is 18.4. The maximum absolute atomic E-state index is 6.64. The van der Waals surface area contributed by atoms with E-state index in [1.807, 2.05) is 26.8 Å². The molecule has 0 unspecified atom stereocenters. The van der Waals surface area contributed by atoms with Crippen LogP contribution in [0.25, 0.3) is 17.3 Å². The lowest BCUT2D eigenvalue weighted by atomic mass is 10.1. The van der Waals surface area contributed by atoms with Crippen molar-refractivity contribution in [1.82, 2.24) is 24.7 Å². The van der Waals surface area contributed by atoms with Gasteiger partial charge in [0.2, 0.25) is 10.6 Å². The van der Waals surface area contributed by atoms with Crippen molar-refractivity contribution in [2.24, 2.45) is 5.10 Å². The Balaban J connectivity index is 1.77. The lowest BCUT2D eigenvalue weighted by Gasteiger charge is -2.08. The Labute approximate surface area is 171 Å². The van der Waals surface area contributed by atoms with E-state index in [4.69, 9.17) is 28.2 Å². The number of halogens is 1. The smallest absolute Gasteiger partial charge is 0.219 e. The summed E-state index contributed by atoms with van der Waals surface area (Å²) >= 11 is 11.9. The van der Waals surface area contributed by atoms with Crippen molar-refractivity contribution in [3.05, 3.63) is 68.9 Å². The highest BCUT2D eigenvalue weighted by Gasteiger charge is 2.16. The van der Waals surface area contributed by atoms with Gasteiger partial charge in [0.05, 0.1) is 29.4 Å². The van der Waals surface area contributed by atoms with E-state index in [0.717, 1.165) is 22.5 Å². The van der Waals surface area contributed by atoms with Crippen molar-refractivity contribution in [3.63, 3.8) is 0 Å². The van der Waals surface area contributed by atoms with Gasteiger partial charge in [-0.15, -0.1) is 5.10 Å². The Kier molecular flexibility index (Phi) is 4.74. The summed E-state index contributed by atoms with van der Waals surface area (Å²) in [7, 11) is 0. The minimum absolute atomic E-state index is 0.346. The van der Waals surface area contributed by atoms with Crippen LogP contribution in [-0.2, 0) is 0 Å². The van der Waals surface area contributed by atoms with Crippen molar-refractivity contribution in [2.75, 3.05) is 0 Å². The lowest BCUT2D eigenvalue weighted by Crippen LogP contribution is -2.00. The molecule has 0 amide bonds. The zero-order chi connectivity index (χ0) is 19.8. The Morgan fingerprint density at radius 2 is 2.07 bits per heavy atom. The molecule has 0 bridgehead atoms. The van der Waals surface area contributed by atoms with E-state index in [2.05, 4.69) is 32.5 Å². The van der Waals surface area contributed by atoms with Gasteiger partial charge in [-0.25, -0.2) is 9.78 Å². The molecule has 142 valence electrons. The third-order valence-corrected chi connectivity index (χ3v) is 4.96. The van der Waals surface area contributed by atoms with Crippen LogP contribution in [0.1, 0.15) is 22.4 Å². The number of nitrogens with one attached hydrogen (secondary N) is 1. The van der Waals surface area contributed by atoms with Crippen molar-refractivity contribution < 1.29 is 4.42 Å². The molecule has 3 aromatic heterocycles. The maximum Gasteiger partial charge on any atom is 0.219 e. The molecule has 0 radical (unpaired) electrons. The normalized spacial score (nSPS) is 11.6. The lowest BCUT2D eigenvalue weighted by molar-refractivity contribution is 0.573. The van der Waals surface area contributed by atoms with Crippen LogP contribution in [0.15, 0.2) is 46.1 Å². The first-order valence-electron chi connectivity index (χ1n) is 8.54. The van der Waals surface area contributed by atoms with Crippen molar-refractivity contribution in [2.45, 2.75) is 20.8 Å². The molecular formula is C19H17ClN6OS. The number of furan rings is 1. The van der Waals surface area contributed by atoms with Crippen LogP contribution in [0.4, 0.5) is 0 Å². The molecular weight excluding hydrogens is 396 g/mol. The second-order valence-electron chi connectivity index (χ2n) is 6.38. The van der Waals surface area contributed by atoms with Gasteiger partial charge in [-0.3, -0.25) is 0 Å². The molecule has 0 aliphatic carbocycles. The SMILES string of the molecule is Cc1ccc(C)c(-n2nc(C)c(/C=N\n3c(-c4ccco4)n[nH]c3=S)c2Cl)c1. The van der Waals surface area contributed by atoms with Crippen LogP contribution in [0.3, 0.4) is 0 Å². The Bertz CT molecular complexity index is 1230.